The number of nitrogens with zero attached hydrogens (tertiary/aromatic N) is 3. The predicted molar refractivity (Wildman–Crippen MR) is 541 cm³/mol. The highest BCUT2D eigenvalue weighted by Gasteiger charge is 2.78. The first-order valence-electron chi connectivity index (χ1n) is 51.4. The number of amides is 3. The number of aliphatic hydroxyl groups excluding tert-OH is 6. The van der Waals surface area contributed by atoms with Crippen LogP contribution in [0.15, 0.2) is 48.6 Å². The highest BCUT2D eigenvalue weighted by atomic mass is 32.2. The van der Waals surface area contributed by atoms with E-state index in [1.165, 1.54) is 69.3 Å². The van der Waals surface area contributed by atoms with Gasteiger partial charge >= 0.3 is 36.0 Å². The van der Waals surface area contributed by atoms with E-state index < -0.39 is 125 Å². The van der Waals surface area contributed by atoms with Gasteiger partial charge in [-0.3, -0.25) is 48.2 Å². The molecule has 3 amide bonds. The number of carbonyl (C=O) groups excluding carboxylic acids is 10. The maximum atomic E-state index is 15.2. The number of aryl methyl sites for hydroxylation is 1. The van der Waals surface area contributed by atoms with E-state index in [4.69, 9.17) is 106 Å². The SMILES string of the molecule is CCC(CO)OC(CO)OC.CCC(CO)OC(COC(=O)CCC(=O)NCCCOCCOCCOCCCNC(=O)CSC)OC.CCC(CO)OC(COC(=O)CCC(=O)O)OC.CCC(CO)OC(COC(=O)CCCC(=O)NC(C)C(=O)OCCCCC(=O)[C@]1(O)C2N(C)c3cc(C)c([C@@]4(C)C[C@@H]5CN(CCc6c4[nH]c4ccccc64)CC(O)(CC)C5)cc3C23CCN2CC=C[C@](CC)(C23)[C@H]1O)OC.O=C=O. The number of para-hydroxylation sites is 1. The van der Waals surface area contributed by atoms with Crippen LogP contribution in [0.2, 0.25) is 0 Å². The molecule has 19 atom stereocenters. The molecule has 9 rings (SSSR count). The number of unbranched alkanes of at least 4 members (excludes halogenated alkanes) is 1. The van der Waals surface area contributed by atoms with Gasteiger partial charge in [-0.25, -0.2) is 4.79 Å². The van der Waals surface area contributed by atoms with Crippen LogP contribution in [0, 0.1) is 18.3 Å². The molecule has 2 aromatic carbocycles. The van der Waals surface area contributed by atoms with E-state index in [2.05, 4.69) is 112 Å². The average Bonchev–Trinajstić information content (AvgIpc) is 1.49. The first kappa shape index (κ1) is 129. The Morgan fingerprint density at radius 3 is 1.62 bits per heavy atom. The summed E-state index contributed by atoms with van der Waals surface area (Å²) in [6.45, 7) is 24.4. The molecule has 1 aliphatic carbocycles. The Labute approximate surface area is 868 Å². The first-order valence-corrected chi connectivity index (χ1v) is 52.8. The number of aliphatic carboxylic acids is 1. The van der Waals surface area contributed by atoms with Crippen LogP contribution < -0.4 is 20.9 Å². The van der Waals surface area contributed by atoms with E-state index in [1.807, 2.05) is 41.0 Å². The summed E-state index contributed by atoms with van der Waals surface area (Å²) in [4.78, 5) is 137. The molecule has 1 aromatic heterocycles. The summed E-state index contributed by atoms with van der Waals surface area (Å²) in [5.41, 5.74) is 2.93. The minimum absolute atomic E-state index is 0.0183. The number of hydrogen-bond donors (Lipinski definition) is 13. The number of nitrogens with one attached hydrogen (secondary N) is 4. The Balaban J connectivity index is 0.000000451. The number of H-pyrrole nitrogens is 1. The number of esters is 4. The summed E-state index contributed by atoms with van der Waals surface area (Å²) in [7, 11) is 7.65. The predicted octanol–water partition coefficient (Wildman–Crippen LogP) is 5.46. The Bertz CT molecular complexity index is 4460. The lowest BCUT2D eigenvalue weighted by molar-refractivity contribution is -0.202. The number of fused-ring (bicyclic) bond motifs is 6. The van der Waals surface area contributed by atoms with Gasteiger partial charge in [-0.05, 0) is 170 Å². The third kappa shape index (κ3) is 38.9. The molecule has 3 fully saturated rings. The van der Waals surface area contributed by atoms with Crippen molar-refractivity contribution in [1.82, 2.24) is 30.7 Å². The van der Waals surface area contributed by atoms with Crippen molar-refractivity contribution in [3.05, 3.63) is 76.5 Å². The lowest BCUT2D eigenvalue weighted by Crippen LogP contribution is -2.80. The number of piperidine rings is 1. The number of Topliss-reactive ketones (excluding diaryl/α,β-unsaturated/α-hetero) is 1. The number of aromatic nitrogens is 1. The molecule has 43 heteroatoms. The molecule has 42 nitrogen and oxygen atoms in total. The highest BCUT2D eigenvalue weighted by molar-refractivity contribution is 7.99. The van der Waals surface area contributed by atoms with E-state index >= 15 is 4.79 Å². The molecule has 6 aliphatic rings. The summed E-state index contributed by atoms with van der Waals surface area (Å²) >= 11 is 1.49. The zero-order chi connectivity index (χ0) is 109. The van der Waals surface area contributed by atoms with Gasteiger partial charge in [0.15, 0.2) is 36.5 Å². The van der Waals surface area contributed by atoms with Crippen molar-refractivity contribution in [3.8, 4) is 0 Å². The number of carboxylic acid groups (broad SMARTS) is 1. The Morgan fingerprint density at radius 2 is 1.11 bits per heavy atom. The number of anilines is 1. The first-order chi connectivity index (χ1) is 70.4. The Hall–Kier alpha value is -8.16. The van der Waals surface area contributed by atoms with Crippen molar-refractivity contribution in [2.45, 2.75) is 299 Å². The van der Waals surface area contributed by atoms with E-state index in [0.29, 0.717) is 129 Å². The van der Waals surface area contributed by atoms with E-state index in [9.17, 15) is 58.8 Å². The number of aromatic amines is 1. The van der Waals surface area contributed by atoms with Crippen molar-refractivity contribution in [2.75, 3.05) is 197 Å². The number of thioether (sulfide) groups is 1. The number of methoxy groups -OCH3 is 4. The van der Waals surface area contributed by atoms with Gasteiger partial charge in [-0.2, -0.15) is 21.4 Å². The second-order valence-electron chi connectivity index (χ2n) is 37.8. The second-order valence-corrected chi connectivity index (χ2v) is 38.7. The fourth-order valence-electron chi connectivity index (χ4n) is 20.1. The minimum atomic E-state index is -2.17. The largest absolute Gasteiger partial charge is 0.481 e. The number of ether oxygens (including phenoxy) is 15. The van der Waals surface area contributed by atoms with E-state index in [-0.39, 0.29) is 159 Å². The Kier molecular flexibility index (Phi) is 59.8. The summed E-state index contributed by atoms with van der Waals surface area (Å²) in [5.74, 6) is -3.77. The molecule has 6 heterocycles. The van der Waals surface area contributed by atoms with Crippen molar-refractivity contribution in [1.29, 1.82) is 0 Å². The zero-order valence-corrected chi connectivity index (χ0v) is 89.6. The molecule has 13 N–H and O–H groups in total. The van der Waals surface area contributed by atoms with Crippen LogP contribution in [0.3, 0.4) is 0 Å². The van der Waals surface area contributed by atoms with Crippen molar-refractivity contribution in [2.24, 2.45) is 11.3 Å². The van der Waals surface area contributed by atoms with Gasteiger partial charge in [-0.15, -0.1) is 0 Å². The van der Waals surface area contributed by atoms with Crippen LogP contribution in [0.5, 0.6) is 0 Å². The van der Waals surface area contributed by atoms with Crippen LogP contribution in [0.1, 0.15) is 218 Å². The topological polar surface area (TPSA) is 570 Å². The van der Waals surface area contributed by atoms with Crippen LogP contribution in [0.4, 0.5) is 5.69 Å². The molecule has 3 aromatic rings. The maximum Gasteiger partial charge on any atom is 0.373 e. The monoisotopic (exact) mass is 2110 g/mol. The van der Waals surface area contributed by atoms with Crippen molar-refractivity contribution >= 4 is 87.9 Å². The molecule has 14 unspecified atom stereocenters. The van der Waals surface area contributed by atoms with Crippen molar-refractivity contribution < 1.29 is 170 Å². The standard InChI is InChI=1S/C61H87N5O12.C24H46N2O10S.C11H20O7.C7H16O4.CO2/c1-9-41(35-67)78-51(75-8)36-77-50(70)22-16-21-49(69)62-39(5)53(71)76-29-15-14-20-48(68)61(74)55-60(25-28-66-26-17-24-59(11-3,54(60)66)56(61)72)45-31-44(38(4)30-47(45)64(55)7)57(6)32-40-33-58(73,10-2)37-65(34-40)27-23-43-42-18-12-13-19-46(42)63-52(43)57;1-4-20(17-27)36-24(31-2)18-35-23(30)8-7-21(28)25-9-5-11-32-13-15-34-16-14-33-12-6-10-26-22(29)19-37-3;1-3-8(6-12)18-11(16-2)7-17-10(15)5-4-9(13)14;1-3-6(4-8)11-7(5-9)10-2;2-1-3/h12-13,17-19,24,30-31,39-41,51,54-56,63,67,72-74H,9-11,14-16,20-23,25-29,32-37H2,1-8H3,(H,62,69);20,24,27H,4-19H2,1-3H3,(H,25,28)(H,26,29);8,11-12H,3-7H2,1-2H3,(H,13,14);6-9H,3-5H2,1-2H3;/t39?,40-,41?,51?,54?,55?,56+,57+,58?,59+,60?,61-;;;;/m0..../s1. The number of aliphatic hydroxyl groups is 8. The van der Waals surface area contributed by atoms with Gasteiger partial charge in [0.2, 0.25) is 17.7 Å². The van der Waals surface area contributed by atoms with Crippen LogP contribution in [-0.4, -0.2) is 398 Å². The number of rotatable bonds is 64. The maximum absolute atomic E-state index is 15.2. The lowest BCUT2D eigenvalue weighted by Gasteiger charge is -2.63. The highest BCUT2D eigenvalue weighted by Crippen LogP contribution is 2.67. The lowest BCUT2D eigenvalue weighted by atomic mass is 9.47. The molecular weight excluding hydrogens is 1940 g/mol. The van der Waals surface area contributed by atoms with Gasteiger partial charge in [0.05, 0.1) is 127 Å². The smallest absolute Gasteiger partial charge is 0.373 e. The number of ketones is 1. The van der Waals surface area contributed by atoms with Crippen LogP contribution in [0.25, 0.3) is 10.9 Å². The summed E-state index contributed by atoms with van der Waals surface area (Å²) in [6.07, 6.45) is 8.81. The molecule has 2 bridgehead atoms. The van der Waals surface area contributed by atoms with Crippen LogP contribution >= 0.6 is 11.8 Å². The minimum Gasteiger partial charge on any atom is -0.481 e. The number of carboxylic acids is 1. The molecule has 836 valence electrons. The summed E-state index contributed by atoms with van der Waals surface area (Å²) < 4.78 is 78.3. The van der Waals surface area contributed by atoms with E-state index in [0.717, 1.165) is 67.6 Å². The third-order valence-electron chi connectivity index (χ3n) is 27.7. The summed E-state index contributed by atoms with van der Waals surface area (Å²) in [5, 5.41) is 101. The number of hydrogen-bond acceptors (Lipinski definition) is 38. The number of benzene rings is 2. The molecule has 0 radical (unpaired) electrons. The van der Waals surface area contributed by atoms with Gasteiger partial charge in [0.1, 0.15) is 32.0 Å². The fraction of sp³-hybridized carbons (Fsp3) is 0.750. The molecule has 1 spiro atoms. The molecular formula is C104H169N7O35S. The molecule has 1 saturated carbocycles. The molecule has 147 heavy (non-hydrogen) atoms. The van der Waals surface area contributed by atoms with Gasteiger partial charge in [0, 0.05) is 158 Å². The quantitative estimate of drug-likeness (QED) is 0.0110. The average molecular weight is 2110 g/mol. The van der Waals surface area contributed by atoms with Crippen LogP contribution in [-0.2, 0) is 141 Å². The van der Waals surface area contributed by atoms with Crippen molar-refractivity contribution in [3.63, 3.8) is 0 Å². The number of carbonyl (C=O) groups is 9. The van der Waals surface area contributed by atoms with Gasteiger partial charge in [0.25, 0.3) is 0 Å². The normalized spacial score (nSPS) is 23.2. The van der Waals surface area contributed by atoms with Gasteiger partial charge < -0.3 is 143 Å². The summed E-state index contributed by atoms with van der Waals surface area (Å²) in [6, 6.07) is 11.4. The third-order valence-corrected chi connectivity index (χ3v) is 28.3. The molecule has 2 saturated heterocycles. The van der Waals surface area contributed by atoms with E-state index in [1.54, 1.807) is 0 Å². The Morgan fingerprint density at radius 1 is 0.585 bits per heavy atom. The second kappa shape index (κ2) is 68.0. The molecule has 5 aliphatic heterocycles. The fourth-order valence-corrected chi connectivity index (χ4v) is 20.4. The van der Waals surface area contributed by atoms with Gasteiger partial charge in [-0.1, -0.05) is 78.0 Å². The zero-order valence-electron chi connectivity index (χ0n) is 88.8. The number of likely N-dealkylation sites (N-methyl/N-ethyl adjacent to an activating group) is 1.